The molecule has 0 heterocycles. The van der Waals surface area contributed by atoms with E-state index in [4.69, 9.17) is 5.73 Å². The van der Waals surface area contributed by atoms with Crippen molar-refractivity contribution in [3.8, 4) is 16.9 Å². The maximum Gasteiger partial charge on any atom is 0.251 e. The molecule has 5 N–H and O–H groups in total. The van der Waals surface area contributed by atoms with Crippen LogP contribution < -0.4 is 11.1 Å². The van der Waals surface area contributed by atoms with Crippen LogP contribution in [0.4, 0.5) is 0 Å². The number of benzene rings is 2. The quantitative estimate of drug-likeness (QED) is 0.286. The average molecular weight is 661 g/mol. The van der Waals surface area contributed by atoms with Gasteiger partial charge in [0.25, 0.3) is 5.91 Å². The van der Waals surface area contributed by atoms with E-state index in [-0.39, 0.29) is 30.1 Å². The minimum atomic E-state index is -2.78. The van der Waals surface area contributed by atoms with Crippen LogP contribution >= 0.6 is 0 Å². The molecule has 12 nitrogen and oxygen atoms in total. The van der Waals surface area contributed by atoms with E-state index in [1.165, 1.54) is 11.0 Å². The monoisotopic (exact) mass is 660 g/mol. The van der Waals surface area contributed by atoms with Crippen LogP contribution in [0.1, 0.15) is 60.4 Å². The lowest BCUT2D eigenvalue weighted by atomic mass is 9.52. The number of fused-ring (bicyclic) bond motifs is 3. The topological polar surface area (TPSA) is 187 Å². The van der Waals surface area contributed by atoms with Gasteiger partial charge in [-0.3, -0.25) is 38.6 Å². The third kappa shape index (κ3) is 5.65. The van der Waals surface area contributed by atoms with Gasteiger partial charge >= 0.3 is 0 Å². The highest BCUT2D eigenvalue weighted by Gasteiger charge is 2.69. The van der Waals surface area contributed by atoms with Gasteiger partial charge in [0.15, 0.2) is 34.7 Å². The summed E-state index contributed by atoms with van der Waals surface area (Å²) >= 11 is 0. The molecule has 6 atom stereocenters. The molecule has 3 aliphatic rings. The van der Waals surface area contributed by atoms with E-state index < -0.39 is 64.4 Å². The van der Waals surface area contributed by atoms with E-state index in [0.29, 0.717) is 47.4 Å². The Kier molecular flexibility index (Phi) is 9.48. The third-order valence-corrected chi connectivity index (χ3v) is 10.4. The molecule has 3 aliphatic carbocycles. The highest BCUT2D eigenvalue weighted by Crippen LogP contribution is 2.51. The molecule has 2 saturated carbocycles. The third-order valence-electron chi connectivity index (χ3n) is 10.4. The normalized spacial score (nSPS) is 26.9. The van der Waals surface area contributed by atoms with E-state index in [2.05, 4.69) is 37.9 Å². The Morgan fingerprint density at radius 2 is 1.69 bits per heavy atom. The molecule has 256 valence electrons. The van der Waals surface area contributed by atoms with Gasteiger partial charge in [-0.25, -0.2) is 0 Å². The Balaban J connectivity index is 1.49. The number of nitrogens with one attached hydrogen (secondary N) is 1. The fourth-order valence-electron chi connectivity index (χ4n) is 8.22. The van der Waals surface area contributed by atoms with Gasteiger partial charge in [-0.05, 0) is 95.4 Å². The first-order chi connectivity index (χ1) is 22.5. The van der Waals surface area contributed by atoms with Crippen LogP contribution in [0, 0.1) is 23.7 Å². The Hall–Kier alpha value is -4.26. The smallest absolute Gasteiger partial charge is 0.251 e. The van der Waals surface area contributed by atoms with E-state index in [1.54, 1.807) is 44.4 Å². The molecule has 0 saturated heterocycles. The van der Waals surface area contributed by atoms with Gasteiger partial charge in [0.1, 0.15) is 5.75 Å². The minimum absolute atomic E-state index is 0.0504. The van der Waals surface area contributed by atoms with Crippen molar-refractivity contribution in [2.45, 2.75) is 64.3 Å². The van der Waals surface area contributed by atoms with Gasteiger partial charge in [-0.1, -0.05) is 18.2 Å². The number of amides is 2. The number of carbonyl (C=O) groups excluding carboxylic acids is 6. The maximum atomic E-state index is 14.1. The number of carbonyl (C=O) groups is 6. The predicted molar refractivity (Wildman–Crippen MR) is 176 cm³/mol. The Labute approximate surface area is 279 Å². The Bertz CT molecular complexity index is 1690. The minimum Gasteiger partial charge on any atom is -0.507 e. The standard InChI is InChI=1S/C36H44N4O8/c1-17(2)40(18(3)4)13-12-38-35(47)20-9-7-8-19(14-20)22-10-11-25(41)27-23(22)15-21-16-24-29(39(5)6)31(43)28(34(37)46)33(45)36(24,48)32(44)26(21)30(27)42/h7-11,14,17-18,21,24,26,28-29,41,48H,12-13,15-16H2,1-6H3,(H2,37,46)(H,38,47)/t21-,24-,26?,28?,29-,36-/m0/s1. The van der Waals surface area contributed by atoms with Crippen LogP contribution in [-0.2, 0) is 25.6 Å². The number of Topliss-reactive ketones (excluding diaryl/α,β-unsaturated/α-hetero) is 4. The number of ketones is 4. The molecule has 0 radical (unpaired) electrons. The van der Waals surface area contributed by atoms with Crippen LogP contribution in [0.3, 0.4) is 0 Å². The number of hydrogen-bond donors (Lipinski definition) is 4. The molecule has 0 spiro atoms. The van der Waals surface area contributed by atoms with Gasteiger partial charge in [-0.2, -0.15) is 0 Å². The van der Waals surface area contributed by atoms with Crippen molar-refractivity contribution in [2.24, 2.45) is 29.4 Å². The van der Waals surface area contributed by atoms with Gasteiger partial charge in [-0.15, -0.1) is 0 Å². The largest absolute Gasteiger partial charge is 0.507 e. The molecule has 2 aromatic rings. The molecule has 0 aliphatic heterocycles. The highest BCUT2D eigenvalue weighted by atomic mass is 16.3. The number of phenolic OH excluding ortho intramolecular Hbond substituents is 1. The maximum absolute atomic E-state index is 14.1. The molecule has 2 fully saturated rings. The summed E-state index contributed by atoms with van der Waals surface area (Å²) in [4.78, 5) is 84.1. The molecule has 2 aromatic carbocycles. The number of aromatic hydroxyl groups is 1. The van der Waals surface area contributed by atoms with E-state index in [0.717, 1.165) is 0 Å². The van der Waals surface area contributed by atoms with Crippen molar-refractivity contribution in [1.29, 1.82) is 0 Å². The van der Waals surface area contributed by atoms with Gasteiger partial charge in [0.2, 0.25) is 5.91 Å². The molecular weight excluding hydrogens is 616 g/mol. The Morgan fingerprint density at radius 1 is 1.02 bits per heavy atom. The van der Waals surface area contributed by atoms with Crippen LogP contribution in [0.5, 0.6) is 5.75 Å². The molecule has 0 bridgehead atoms. The Morgan fingerprint density at radius 3 is 2.29 bits per heavy atom. The van der Waals surface area contributed by atoms with Crippen LogP contribution in [0.15, 0.2) is 36.4 Å². The summed E-state index contributed by atoms with van der Waals surface area (Å²) in [6.45, 7) is 9.55. The second-order valence-electron chi connectivity index (χ2n) is 14.0. The van der Waals surface area contributed by atoms with E-state index >= 15 is 0 Å². The van der Waals surface area contributed by atoms with Crippen molar-refractivity contribution in [3.63, 3.8) is 0 Å². The summed E-state index contributed by atoms with van der Waals surface area (Å²) in [5.41, 5.74) is 4.57. The summed E-state index contributed by atoms with van der Waals surface area (Å²) in [6.07, 6.45) is 0.0669. The number of hydrogen-bond acceptors (Lipinski definition) is 10. The lowest BCUT2D eigenvalue weighted by Crippen LogP contribution is -2.74. The van der Waals surface area contributed by atoms with E-state index in [9.17, 15) is 39.0 Å². The fraction of sp³-hybridized carbons (Fsp3) is 0.500. The van der Waals surface area contributed by atoms with Gasteiger partial charge in [0, 0.05) is 36.7 Å². The molecular formula is C36H44N4O8. The zero-order chi connectivity index (χ0) is 35.4. The number of primary amides is 1. The van der Waals surface area contributed by atoms with Gasteiger partial charge < -0.3 is 21.3 Å². The number of nitrogens with zero attached hydrogens (tertiary/aromatic N) is 2. The van der Waals surface area contributed by atoms with Crippen molar-refractivity contribution in [1.82, 2.24) is 15.1 Å². The first-order valence-electron chi connectivity index (χ1n) is 16.4. The molecule has 48 heavy (non-hydrogen) atoms. The number of aliphatic hydroxyl groups is 1. The first kappa shape index (κ1) is 35.1. The highest BCUT2D eigenvalue weighted by molar-refractivity contribution is 6.32. The second-order valence-corrected chi connectivity index (χ2v) is 14.0. The number of likely N-dealkylation sites (N-methyl/N-ethyl adjacent to an activating group) is 1. The summed E-state index contributed by atoms with van der Waals surface area (Å²) in [6, 6.07) is 9.36. The molecule has 2 amide bonds. The predicted octanol–water partition coefficient (Wildman–Crippen LogP) is 1.38. The zero-order valence-electron chi connectivity index (χ0n) is 28.1. The van der Waals surface area contributed by atoms with Gasteiger partial charge in [0.05, 0.1) is 17.5 Å². The molecule has 12 heteroatoms. The lowest BCUT2D eigenvalue weighted by Gasteiger charge is -2.52. The number of rotatable bonds is 9. The van der Waals surface area contributed by atoms with Crippen LogP contribution in [-0.4, -0.2) is 106 Å². The van der Waals surface area contributed by atoms with Crippen molar-refractivity contribution in [2.75, 3.05) is 27.2 Å². The van der Waals surface area contributed by atoms with Crippen molar-refractivity contribution >= 4 is 34.9 Å². The van der Waals surface area contributed by atoms with Crippen molar-refractivity contribution in [3.05, 3.63) is 53.1 Å². The first-order valence-corrected chi connectivity index (χ1v) is 16.4. The fourth-order valence-corrected chi connectivity index (χ4v) is 8.22. The zero-order valence-corrected chi connectivity index (χ0v) is 28.1. The summed E-state index contributed by atoms with van der Waals surface area (Å²) in [5, 5.41) is 25.7. The van der Waals surface area contributed by atoms with Crippen molar-refractivity contribution < 1.29 is 39.0 Å². The number of nitrogens with two attached hydrogens (primary N) is 1. The van der Waals surface area contributed by atoms with Crippen LogP contribution in [0.25, 0.3) is 11.1 Å². The summed E-state index contributed by atoms with van der Waals surface area (Å²) in [5.74, 6) is -11.3. The SMILES string of the molecule is CC(C)N(CCNC(=O)c1cccc(-c2ccc(O)c3c2C[C@H]2C[C@H]4[C@H](N(C)C)C(=O)C(C(N)=O)C(=O)[C@@]4(O)C(=O)C2C3=O)c1)C(C)C. The number of phenols is 1. The van der Waals surface area contributed by atoms with Crippen LogP contribution in [0.2, 0.25) is 0 Å². The molecule has 5 rings (SSSR count). The lowest BCUT2D eigenvalue weighted by molar-refractivity contribution is -0.181. The molecule has 0 aromatic heterocycles. The summed E-state index contributed by atoms with van der Waals surface area (Å²) < 4.78 is 0. The van der Waals surface area contributed by atoms with E-state index in [1.807, 2.05) is 0 Å². The molecule has 2 unspecified atom stereocenters. The average Bonchev–Trinajstić information content (AvgIpc) is 3.00. The second kappa shape index (κ2) is 13.0. The summed E-state index contributed by atoms with van der Waals surface area (Å²) in [7, 11) is 3.08.